The van der Waals surface area contributed by atoms with Gasteiger partial charge in [-0.15, -0.1) is 0 Å². The fourth-order valence-electron chi connectivity index (χ4n) is 2.60. The van der Waals surface area contributed by atoms with E-state index in [4.69, 9.17) is 56.8 Å². The van der Waals surface area contributed by atoms with E-state index in [-0.39, 0.29) is 6.61 Å². The van der Waals surface area contributed by atoms with Crippen LogP contribution >= 0.6 is 0 Å². The van der Waals surface area contributed by atoms with Crippen LogP contribution in [-0.2, 0) is 61.6 Å². The van der Waals surface area contributed by atoms with Gasteiger partial charge in [-0.25, -0.2) is 4.79 Å². The lowest BCUT2D eigenvalue weighted by Crippen LogP contribution is -2.15. The first kappa shape index (κ1) is 38.8. The smallest absolute Gasteiger partial charge is 0.330 e. The number of hydrogen-bond donors (Lipinski definition) is 0. The second-order valence-electron chi connectivity index (χ2n) is 7.69. The average Bonchev–Trinajstić information content (AvgIpc) is 2.97. The molecule has 0 unspecified atom stereocenters. The van der Waals surface area contributed by atoms with Crippen molar-refractivity contribution < 1.29 is 61.6 Å². The Hall–Kier alpha value is -1.23. The van der Waals surface area contributed by atoms with Crippen molar-refractivity contribution >= 4 is 5.97 Å². The normalized spacial score (nSPS) is 11.2. The largest absolute Gasteiger partial charge is 0.460 e. The second kappa shape index (κ2) is 35.8. The van der Waals surface area contributed by atoms with E-state index in [1.807, 2.05) is 6.92 Å². The summed E-state index contributed by atoms with van der Waals surface area (Å²) in [5.74, 6) is -0.458. The Morgan fingerprint density at radius 1 is 0.400 bits per heavy atom. The van der Waals surface area contributed by atoms with E-state index in [2.05, 4.69) is 6.58 Å². The molecule has 0 heterocycles. The summed E-state index contributed by atoms with van der Waals surface area (Å²) in [4.78, 5) is 10.8. The van der Waals surface area contributed by atoms with Crippen LogP contribution in [0.1, 0.15) is 6.92 Å². The fourth-order valence-corrected chi connectivity index (χ4v) is 2.60. The van der Waals surface area contributed by atoms with E-state index in [0.717, 1.165) is 6.08 Å². The third kappa shape index (κ3) is 34.8. The van der Waals surface area contributed by atoms with Gasteiger partial charge in [0.15, 0.2) is 0 Å². The molecule has 0 rings (SSSR count). The van der Waals surface area contributed by atoms with Crippen LogP contribution in [0, 0.1) is 0 Å². The van der Waals surface area contributed by atoms with Crippen LogP contribution in [0.2, 0.25) is 0 Å². The Labute approximate surface area is 239 Å². The lowest BCUT2D eigenvalue weighted by Gasteiger charge is -2.09. The minimum absolute atomic E-state index is 0.200. The van der Waals surface area contributed by atoms with Crippen molar-refractivity contribution in [3.8, 4) is 0 Å². The highest BCUT2D eigenvalue weighted by atomic mass is 16.6. The first-order valence-corrected chi connectivity index (χ1v) is 14.0. The Morgan fingerprint density at radius 2 is 0.600 bits per heavy atom. The SMILES string of the molecule is C=CC(=O)OCCOCCOCCOCCOCCOCCOCCOCCOCCOCCOCCOCC. The summed E-state index contributed by atoms with van der Waals surface area (Å²) in [5, 5.41) is 0. The van der Waals surface area contributed by atoms with Gasteiger partial charge in [-0.05, 0) is 6.92 Å². The predicted molar refractivity (Wildman–Crippen MR) is 146 cm³/mol. The number of carbonyl (C=O) groups is 1. The van der Waals surface area contributed by atoms with Gasteiger partial charge in [0.2, 0.25) is 0 Å². The van der Waals surface area contributed by atoms with Gasteiger partial charge in [0.25, 0.3) is 0 Å². The molecule has 0 radical (unpaired) electrons. The summed E-state index contributed by atoms with van der Waals surface area (Å²) in [7, 11) is 0. The van der Waals surface area contributed by atoms with Crippen molar-refractivity contribution in [1.82, 2.24) is 0 Å². The minimum Gasteiger partial charge on any atom is -0.460 e. The molecule has 0 amide bonds. The van der Waals surface area contributed by atoms with Crippen molar-refractivity contribution in [2.75, 3.05) is 152 Å². The molecular formula is C27H52O13. The predicted octanol–water partition coefficient (Wildman–Crippen LogP) is 0.918. The second-order valence-corrected chi connectivity index (χ2v) is 7.69. The van der Waals surface area contributed by atoms with Crippen LogP contribution in [-0.4, -0.2) is 158 Å². The van der Waals surface area contributed by atoms with E-state index in [0.29, 0.717) is 145 Å². The van der Waals surface area contributed by atoms with Crippen molar-refractivity contribution in [3.05, 3.63) is 12.7 Å². The molecule has 0 bridgehead atoms. The maximum Gasteiger partial charge on any atom is 0.330 e. The monoisotopic (exact) mass is 584 g/mol. The molecular weight excluding hydrogens is 532 g/mol. The van der Waals surface area contributed by atoms with Gasteiger partial charge < -0.3 is 56.8 Å². The summed E-state index contributed by atoms with van der Waals surface area (Å²) in [6.07, 6.45) is 1.11. The maximum atomic E-state index is 10.8. The van der Waals surface area contributed by atoms with E-state index in [9.17, 15) is 4.79 Å². The molecule has 0 aliphatic heterocycles. The molecule has 0 aliphatic rings. The highest BCUT2D eigenvalue weighted by molar-refractivity contribution is 5.81. The van der Waals surface area contributed by atoms with Crippen molar-refractivity contribution in [2.24, 2.45) is 0 Å². The molecule has 13 heteroatoms. The van der Waals surface area contributed by atoms with Gasteiger partial charge in [-0.1, -0.05) is 6.58 Å². The lowest BCUT2D eigenvalue weighted by atomic mass is 10.6. The van der Waals surface area contributed by atoms with Gasteiger partial charge >= 0.3 is 5.97 Å². The topological polar surface area (TPSA) is 128 Å². The van der Waals surface area contributed by atoms with Gasteiger partial charge in [-0.3, -0.25) is 0 Å². The molecule has 0 spiro atoms. The Bertz CT molecular complexity index is 511. The Kier molecular flexibility index (Phi) is 34.7. The van der Waals surface area contributed by atoms with Crippen molar-refractivity contribution in [1.29, 1.82) is 0 Å². The number of hydrogen-bond acceptors (Lipinski definition) is 13. The molecule has 0 aromatic rings. The van der Waals surface area contributed by atoms with Crippen LogP contribution in [0.5, 0.6) is 0 Å². The fraction of sp³-hybridized carbons (Fsp3) is 0.889. The number of carbonyl (C=O) groups excluding carboxylic acids is 1. The molecule has 0 N–H and O–H groups in total. The number of esters is 1. The van der Waals surface area contributed by atoms with E-state index in [1.54, 1.807) is 0 Å². The van der Waals surface area contributed by atoms with Gasteiger partial charge in [0, 0.05) is 12.7 Å². The first-order valence-electron chi connectivity index (χ1n) is 14.0. The molecule has 13 nitrogen and oxygen atoms in total. The molecule has 0 aromatic heterocycles. The zero-order chi connectivity index (χ0) is 29.0. The highest BCUT2D eigenvalue weighted by Gasteiger charge is 1.97. The summed E-state index contributed by atoms with van der Waals surface area (Å²) < 4.78 is 64.0. The average molecular weight is 585 g/mol. The van der Waals surface area contributed by atoms with Crippen LogP contribution in [0.3, 0.4) is 0 Å². The quantitative estimate of drug-likeness (QED) is 0.0596. The first-order chi connectivity index (χ1) is 19.8. The molecule has 0 aromatic carbocycles. The van der Waals surface area contributed by atoms with Crippen LogP contribution < -0.4 is 0 Å². The van der Waals surface area contributed by atoms with E-state index in [1.165, 1.54) is 0 Å². The van der Waals surface area contributed by atoms with Crippen molar-refractivity contribution in [3.63, 3.8) is 0 Å². The number of ether oxygens (including phenoxy) is 12. The summed E-state index contributed by atoms with van der Waals surface area (Å²) in [6.45, 7) is 16.7. The highest BCUT2D eigenvalue weighted by Crippen LogP contribution is 1.87. The van der Waals surface area contributed by atoms with E-state index >= 15 is 0 Å². The zero-order valence-electron chi connectivity index (χ0n) is 24.4. The summed E-state index contributed by atoms with van der Waals surface area (Å²) in [6, 6.07) is 0. The molecule has 238 valence electrons. The molecule has 0 saturated carbocycles. The Balaban J connectivity index is 3.04. The number of rotatable bonds is 35. The van der Waals surface area contributed by atoms with E-state index < -0.39 is 5.97 Å². The third-order valence-corrected chi connectivity index (χ3v) is 4.56. The van der Waals surface area contributed by atoms with Crippen LogP contribution in [0.25, 0.3) is 0 Å². The van der Waals surface area contributed by atoms with Crippen LogP contribution in [0.4, 0.5) is 0 Å². The lowest BCUT2D eigenvalue weighted by molar-refractivity contribution is -0.139. The summed E-state index contributed by atoms with van der Waals surface area (Å²) in [5.41, 5.74) is 0. The molecule has 0 atom stereocenters. The minimum atomic E-state index is -0.458. The third-order valence-electron chi connectivity index (χ3n) is 4.56. The van der Waals surface area contributed by atoms with Crippen molar-refractivity contribution in [2.45, 2.75) is 6.92 Å². The molecule has 40 heavy (non-hydrogen) atoms. The molecule has 0 saturated heterocycles. The standard InChI is InChI=1S/C27H52O13/c1-3-27(28)40-26-25-39-24-23-38-22-21-37-20-19-36-18-17-35-16-15-34-14-13-33-12-11-32-10-9-31-8-7-30-6-5-29-4-2/h3H,1,4-26H2,2H3. The van der Waals surface area contributed by atoms with Gasteiger partial charge in [-0.2, -0.15) is 0 Å². The van der Waals surface area contributed by atoms with Crippen LogP contribution in [0.15, 0.2) is 12.7 Å². The summed E-state index contributed by atoms with van der Waals surface area (Å²) >= 11 is 0. The molecule has 0 fully saturated rings. The van der Waals surface area contributed by atoms with Gasteiger partial charge in [0.05, 0.1) is 139 Å². The zero-order valence-corrected chi connectivity index (χ0v) is 24.4. The molecule has 0 aliphatic carbocycles. The maximum absolute atomic E-state index is 10.8. The van der Waals surface area contributed by atoms with Gasteiger partial charge in [0.1, 0.15) is 6.61 Å². The Morgan fingerprint density at radius 3 is 0.800 bits per heavy atom.